The van der Waals surface area contributed by atoms with Crippen LogP contribution >= 0.6 is 0 Å². The van der Waals surface area contributed by atoms with Crippen LogP contribution < -0.4 is 15.0 Å². The first-order valence-corrected chi connectivity index (χ1v) is 8.37. The molecule has 1 amide bonds. The first-order chi connectivity index (χ1) is 11.6. The minimum absolute atomic E-state index is 0.0734. The number of benzene rings is 2. The molecule has 2 aromatic carbocycles. The molecule has 0 saturated carbocycles. The van der Waals surface area contributed by atoms with Gasteiger partial charge in [0.05, 0.1) is 6.61 Å². The van der Waals surface area contributed by atoms with Gasteiger partial charge in [0.2, 0.25) is 5.91 Å². The number of rotatable bonds is 9. The third-order valence-electron chi connectivity index (χ3n) is 3.77. The van der Waals surface area contributed by atoms with Gasteiger partial charge in [0, 0.05) is 32.2 Å². The maximum Gasteiger partial charge on any atom is 0.220 e. The zero-order chi connectivity index (χ0) is 17.2. The number of carbonyl (C=O) groups excluding carboxylic acids is 1. The van der Waals surface area contributed by atoms with E-state index in [-0.39, 0.29) is 5.91 Å². The van der Waals surface area contributed by atoms with E-state index in [9.17, 15) is 4.79 Å². The summed E-state index contributed by atoms with van der Waals surface area (Å²) >= 11 is 0. The molecule has 128 valence electrons. The molecule has 4 nitrogen and oxygen atoms in total. The Labute approximate surface area is 144 Å². The number of likely N-dealkylation sites (N-methyl/N-ethyl adjacent to an activating group) is 1. The summed E-state index contributed by atoms with van der Waals surface area (Å²) in [4.78, 5) is 14.0. The lowest BCUT2D eigenvalue weighted by atomic mass is 10.2. The second-order valence-corrected chi connectivity index (χ2v) is 5.88. The predicted octanol–water partition coefficient (Wildman–Crippen LogP) is 3.41. The lowest BCUT2D eigenvalue weighted by Gasteiger charge is -2.19. The van der Waals surface area contributed by atoms with Crippen LogP contribution in [0.4, 0.5) is 5.69 Å². The van der Waals surface area contributed by atoms with Crippen molar-refractivity contribution in [2.24, 2.45) is 0 Å². The summed E-state index contributed by atoms with van der Waals surface area (Å²) < 4.78 is 5.65. The Bertz CT molecular complexity index is 629. The number of anilines is 1. The lowest BCUT2D eigenvalue weighted by molar-refractivity contribution is -0.121. The molecule has 0 aliphatic carbocycles. The lowest BCUT2D eigenvalue weighted by Crippen LogP contribution is -2.33. The summed E-state index contributed by atoms with van der Waals surface area (Å²) in [5.41, 5.74) is 2.33. The van der Waals surface area contributed by atoms with Gasteiger partial charge in [-0.3, -0.25) is 4.79 Å². The maximum absolute atomic E-state index is 11.8. The van der Waals surface area contributed by atoms with Crippen LogP contribution in [-0.4, -0.2) is 32.7 Å². The maximum atomic E-state index is 11.8. The normalized spacial score (nSPS) is 10.2. The van der Waals surface area contributed by atoms with Gasteiger partial charge in [-0.2, -0.15) is 0 Å². The van der Waals surface area contributed by atoms with E-state index < -0.39 is 0 Å². The van der Waals surface area contributed by atoms with E-state index in [0.29, 0.717) is 26.0 Å². The average Bonchev–Trinajstić information content (AvgIpc) is 2.59. The SMILES string of the molecule is Cc1cccc(OCCCC(=O)NCCN(C)c2ccccc2)c1. The number of aryl methyl sites for hydroxylation is 1. The summed E-state index contributed by atoms with van der Waals surface area (Å²) in [6, 6.07) is 18.1. The van der Waals surface area contributed by atoms with Gasteiger partial charge in [0.25, 0.3) is 0 Å². The zero-order valence-electron chi connectivity index (χ0n) is 14.5. The van der Waals surface area contributed by atoms with Crippen LogP contribution in [0.25, 0.3) is 0 Å². The first-order valence-electron chi connectivity index (χ1n) is 8.37. The Kier molecular flexibility index (Phi) is 7.15. The average molecular weight is 326 g/mol. The highest BCUT2D eigenvalue weighted by Crippen LogP contribution is 2.12. The number of ether oxygens (including phenoxy) is 1. The van der Waals surface area contributed by atoms with Gasteiger partial charge >= 0.3 is 0 Å². The Hall–Kier alpha value is -2.49. The minimum atomic E-state index is 0.0734. The van der Waals surface area contributed by atoms with Crippen molar-refractivity contribution in [3.05, 3.63) is 60.2 Å². The number of para-hydroxylation sites is 1. The highest BCUT2D eigenvalue weighted by molar-refractivity contribution is 5.75. The number of carbonyl (C=O) groups is 1. The molecule has 1 N–H and O–H groups in total. The third kappa shape index (κ3) is 6.32. The molecule has 0 heterocycles. The molecule has 0 saturated heterocycles. The molecule has 4 heteroatoms. The Morgan fingerprint density at radius 2 is 1.92 bits per heavy atom. The standard InChI is InChI=1S/C20H26N2O2/c1-17-8-6-11-19(16-17)24-15-7-12-20(23)21-13-14-22(2)18-9-4-3-5-10-18/h3-6,8-11,16H,7,12-15H2,1-2H3,(H,21,23). The van der Waals surface area contributed by atoms with E-state index in [1.54, 1.807) is 0 Å². The van der Waals surface area contributed by atoms with Crippen LogP contribution in [0.3, 0.4) is 0 Å². The summed E-state index contributed by atoms with van der Waals surface area (Å²) in [5.74, 6) is 0.934. The fraction of sp³-hybridized carbons (Fsp3) is 0.350. The van der Waals surface area contributed by atoms with E-state index in [4.69, 9.17) is 4.74 Å². The van der Waals surface area contributed by atoms with Crippen molar-refractivity contribution in [2.45, 2.75) is 19.8 Å². The quantitative estimate of drug-likeness (QED) is 0.718. The number of hydrogen-bond donors (Lipinski definition) is 1. The van der Waals surface area contributed by atoms with Gasteiger partial charge in [-0.1, -0.05) is 30.3 Å². The largest absolute Gasteiger partial charge is 0.494 e. The fourth-order valence-corrected chi connectivity index (χ4v) is 2.39. The van der Waals surface area contributed by atoms with E-state index in [1.807, 2.05) is 56.4 Å². The predicted molar refractivity (Wildman–Crippen MR) is 98.6 cm³/mol. The van der Waals surface area contributed by atoms with Crippen molar-refractivity contribution in [2.75, 3.05) is 31.6 Å². The van der Waals surface area contributed by atoms with Crippen molar-refractivity contribution in [1.29, 1.82) is 0 Å². The van der Waals surface area contributed by atoms with Crippen molar-refractivity contribution >= 4 is 11.6 Å². The van der Waals surface area contributed by atoms with Gasteiger partial charge in [-0.05, 0) is 43.2 Å². The molecule has 0 bridgehead atoms. The number of amides is 1. The van der Waals surface area contributed by atoms with Gasteiger partial charge < -0.3 is 15.0 Å². The van der Waals surface area contributed by atoms with E-state index in [1.165, 1.54) is 5.56 Å². The molecule has 24 heavy (non-hydrogen) atoms. The smallest absolute Gasteiger partial charge is 0.220 e. The second-order valence-electron chi connectivity index (χ2n) is 5.88. The van der Waals surface area contributed by atoms with Crippen LogP contribution in [0, 0.1) is 6.92 Å². The molecule has 2 aromatic rings. The number of nitrogens with zero attached hydrogens (tertiary/aromatic N) is 1. The molecule has 2 rings (SSSR count). The molecule has 0 aliphatic heterocycles. The van der Waals surface area contributed by atoms with Gasteiger partial charge in [0.1, 0.15) is 5.75 Å². The van der Waals surface area contributed by atoms with Gasteiger partial charge in [-0.25, -0.2) is 0 Å². The highest BCUT2D eigenvalue weighted by atomic mass is 16.5. The summed E-state index contributed by atoms with van der Waals surface area (Å²) in [6.07, 6.45) is 1.20. The summed E-state index contributed by atoms with van der Waals surface area (Å²) in [6.45, 7) is 4.02. The monoisotopic (exact) mass is 326 g/mol. The minimum Gasteiger partial charge on any atom is -0.494 e. The first kappa shape index (κ1) is 17.9. The summed E-state index contributed by atoms with van der Waals surface area (Å²) in [7, 11) is 2.02. The molecule has 0 aliphatic rings. The van der Waals surface area contributed by atoms with Crippen LogP contribution in [0.1, 0.15) is 18.4 Å². The van der Waals surface area contributed by atoms with Crippen LogP contribution in [0.2, 0.25) is 0 Å². The molecule has 0 spiro atoms. The second kappa shape index (κ2) is 9.60. The third-order valence-corrected chi connectivity index (χ3v) is 3.77. The van der Waals surface area contributed by atoms with Crippen molar-refractivity contribution in [3.63, 3.8) is 0 Å². The molecular weight excluding hydrogens is 300 g/mol. The van der Waals surface area contributed by atoms with Crippen LogP contribution in [-0.2, 0) is 4.79 Å². The Morgan fingerprint density at radius 3 is 2.67 bits per heavy atom. The van der Waals surface area contributed by atoms with Crippen molar-refractivity contribution < 1.29 is 9.53 Å². The fourth-order valence-electron chi connectivity index (χ4n) is 2.39. The molecule has 0 fully saturated rings. The topological polar surface area (TPSA) is 41.6 Å². The summed E-state index contributed by atoms with van der Waals surface area (Å²) in [5, 5.41) is 2.95. The molecular formula is C20H26N2O2. The van der Waals surface area contributed by atoms with Crippen LogP contribution in [0.5, 0.6) is 5.75 Å². The Balaban J connectivity index is 1.57. The molecule has 0 aromatic heterocycles. The van der Waals surface area contributed by atoms with Crippen LogP contribution in [0.15, 0.2) is 54.6 Å². The molecule has 0 radical (unpaired) electrons. The van der Waals surface area contributed by atoms with Crippen molar-refractivity contribution in [3.8, 4) is 5.75 Å². The number of hydrogen-bond acceptors (Lipinski definition) is 3. The zero-order valence-corrected chi connectivity index (χ0v) is 14.5. The van der Waals surface area contributed by atoms with Gasteiger partial charge in [0.15, 0.2) is 0 Å². The highest BCUT2D eigenvalue weighted by Gasteiger charge is 2.03. The molecule has 0 unspecified atom stereocenters. The number of nitrogens with one attached hydrogen (secondary N) is 1. The van der Waals surface area contributed by atoms with E-state index in [0.717, 1.165) is 18.0 Å². The van der Waals surface area contributed by atoms with E-state index >= 15 is 0 Å². The Morgan fingerprint density at radius 1 is 1.12 bits per heavy atom. The van der Waals surface area contributed by atoms with Crippen molar-refractivity contribution in [1.82, 2.24) is 5.32 Å². The van der Waals surface area contributed by atoms with Gasteiger partial charge in [-0.15, -0.1) is 0 Å². The molecule has 0 atom stereocenters. The van der Waals surface area contributed by atoms with E-state index in [2.05, 4.69) is 22.3 Å².